The van der Waals surface area contributed by atoms with E-state index in [9.17, 15) is 67.7 Å². The third-order valence-electron chi connectivity index (χ3n) is 13.8. The van der Waals surface area contributed by atoms with Crippen molar-refractivity contribution in [2.24, 2.45) is 44.4 Å². The predicted octanol–water partition coefficient (Wildman–Crippen LogP) is -8.01. The number of nitrogens with two attached hydrogens (primary N) is 6. The molecule has 35 nitrogen and oxygen atoms in total. The monoisotopic (exact) mass is 1340 g/mol. The van der Waals surface area contributed by atoms with Gasteiger partial charge in [0.25, 0.3) is 0 Å². The molecule has 90 heavy (non-hydrogen) atoms. The van der Waals surface area contributed by atoms with Crippen LogP contribution in [0.4, 0.5) is 0 Å². The van der Waals surface area contributed by atoms with E-state index in [4.69, 9.17) is 34.4 Å². The molecule has 12 amide bonds. The Labute approximate surface area is 530 Å². The normalized spacial score (nSPS) is 25.4. The number of primary amides is 1. The average molecular weight is 1340 g/mol. The van der Waals surface area contributed by atoms with E-state index in [1.807, 2.05) is 0 Å². The summed E-state index contributed by atoms with van der Waals surface area (Å²) in [6.45, 7) is -2.78. The highest BCUT2D eigenvalue weighted by Gasteiger charge is 2.42. The molecule has 0 unspecified atom stereocenters. The minimum atomic E-state index is -1.93. The lowest BCUT2D eigenvalue weighted by molar-refractivity contribution is -0.146. The summed E-state index contributed by atoms with van der Waals surface area (Å²) in [5.74, 6) is -15.7. The van der Waals surface area contributed by atoms with Crippen LogP contribution in [0.2, 0.25) is 0 Å². The van der Waals surface area contributed by atoms with Gasteiger partial charge in [-0.3, -0.25) is 72.3 Å². The van der Waals surface area contributed by atoms with Crippen molar-refractivity contribution in [2.75, 3.05) is 62.3 Å². The van der Waals surface area contributed by atoms with E-state index in [2.05, 4.69) is 68.1 Å². The van der Waals surface area contributed by atoms with Gasteiger partial charge in [-0.05, 0) is 50.2 Å². The molecule has 25 N–H and O–H groups in total. The Morgan fingerprint density at radius 3 is 1.79 bits per heavy atom. The maximum atomic E-state index is 15.1. The molecule has 494 valence electrons. The zero-order valence-corrected chi connectivity index (χ0v) is 51.8. The highest BCUT2D eigenvalue weighted by atomic mass is 33.1. The number of carbonyl (C=O) groups is 13. The molecule has 1 aromatic heterocycles. The minimum absolute atomic E-state index is 0.0128. The first-order chi connectivity index (χ1) is 42.9. The van der Waals surface area contributed by atoms with Gasteiger partial charge in [0.15, 0.2) is 11.9 Å². The zero-order chi connectivity index (χ0) is 66.0. The quantitative estimate of drug-likeness (QED) is 0.0321. The molecule has 0 aliphatic carbocycles. The second kappa shape index (κ2) is 36.4. The smallest absolute Gasteiger partial charge is 0.305 e. The predicted molar refractivity (Wildman–Crippen MR) is 334 cm³/mol. The first-order valence-electron chi connectivity index (χ1n) is 28.2. The second-order valence-electron chi connectivity index (χ2n) is 20.6. The molecule has 2 bridgehead atoms. The number of carboxylic acids is 1. The number of para-hydroxylation sites is 1. The van der Waals surface area contributed by atoms with E-state index in [1.165, 1.54) is 0 Å². The zero-order valence-electron chi connectivity index (χ0n) is 48.5. The van der Waals surface area contributed by atoms with Gasteiger partial charge in [0, 0.05) is 66.2 Å². The first-order valence-corrected chi connectivity index (χ1v) is 33.1. The Morgan fingerprint density at radius 2 is 1.18 bits per heavy atom. The summed E-state index contributed by atoms with van der Waals surface area (Å²) in [4.78, 5) is 193. The van der Waals surface area contributed by atoms with Gasteiger partial charge in [-0.15, -0.1) is 0 Å². The summed E-state index contributed by atoms with van der Waals surface area (Å²) in [7, 11) is 3.47. The van der Waals surface area contributed by atoms with Gasteiger partial charge in [-0.25, -0.2) is 0 Å². The van der Waals surface area contributed by atoms with Crippen molar-refractivity contribution < 1.29 is 72.5 Å². The number of H-pyrrole nitrogens is 1. The molecule has 0 radical (unpaired) electrons. The molecule has 5 rings (SSSR count). The van der Waals surface area contributed by atoms with Crippen molar-refractivity contribution in [2.45, 2.75) is 112 Å². The molecule has 3 aliphatic rings. The van der Waals surface area contributed by atoms with Crippen LogP contribution in [0.3, 0.4) is 0 Å². The summed E-state index contributed by atoms with van der Waals surface area (Å²) in [6.07, 6.45) is 0.206. The maximum absolute atomic E-state index is 15.1. The molecule has 3 fully saturated rings. The number of hydrogen-bond donors (Lipinski definition) is 19. The molecule has 39 heteroatoms. The summed E-state index contributed by atoms with van der Waals surface area (Å²) in [5.41, 5.74) is 34.7. The van der Waals surface area contributed by atoms with Crippen LogP contribution in [0.25, 0.3) is 10.9 Å². The number of hydrogen-bond acceptors (Lipinski definition) is 21. The molecule has 3 aliphatic heterocycles. The number of carboxylic acid groups (broad SMARTS) is 1. The fraction of sp³-hybridized carbons (Fsp3) is 0.549. The Kier molecular flexibility index (Phi) is 29.3. The van der Waals surface area contributed by atoms with E-state index >= 15 is 4.79 Å². The first kappa shape index (κ1) is 72.5. The van der Waals surface area contributed by atoms with Crippen molar-refractivity contribution in [3.05, 3.63) is 36.0 Å². The van der Waals surface area contributed by atoms with Crippen molar-refractivity contribution in [3.8, 4) is 0 Å². The van der Waals surface area contributed by atoms with Gasteiger partial charge in [0.05, 0.1) is 26.1 Å². The van der Waals surface area contributed by atoms with Crippen LogP contribution >= 0.6 is 43.2 Å². The van der Waals surface area contributed by atoms with Crippen molar-refractivity contribution >= 4 is 143 Å². The number of aliphatic hydroxyl groups is 1. The lowest BCUT2D eigenvalue weighted by Gasteiger charge is -2.30. The Bertz CT molecular complexity index is 3010. The van der Waals surface area contributed by atoms with Crippen molar-refractivity contribution in [1.29, 1.82) is 0 Å². The molecule has 10 atom stereocenters. The Balaban J connectivity index is 1.68. The number of fused-ring (bicyclic) bond motifs is 10. The molecule has 0 saturated carbocycles. The van der Waals surface area contributed by atoms with Crippen molar-refractivity contribution in [1.82, 2.24) is 63.1 Å². The highest BCUT2D eigenvalue weighted by Crippen LogP contribution is 2.27. The molecule has 4 heterocycles. The number of aliphatic carboxylic acids is 1. The number of nitrogens with zero attached hydrogens (tertiary/aromatic N) is 3. The number of aliphatic hydroxyl groups excluding tert-OH is 1. The molecule has 1 aromatic carbocycles. The van der Waals surface area contributed by atoms with Crippen LogP contribution in [0.15, 0.2) is 40.4 Å². The number of aromatic nitrogens is 1. The van der Waals surface area contributed by atoms with Gasteiger partial charge in [0.2, 0.25) is 70.9 Å². The number of benzene rings is 1. The molecular formula is C51H76N20O15S4. The standard InChI is InChI=1S/C51H76N20O15S4/c52-16-37(73)63-33-21-88-90-22-34-46(83)66-29(14-24-17-60-26-7-2-1-6-25(24)26)43(80)64-27(8-3-11-58-50(54)55)41(78)61-18-38(74)62-32(40(53)77)20-87-89-23-35(70-45(33)82)47(84)68-31(19-72)44(81)67-30(15-39(75)76)49(86)71-13-5-10-36(71)48(85)65-28(42(79)69-34)9-4-12-59-51(56)57/h1-2,6-7,17,27-36,60,72H,3-5,8-16,18-23,52H2,(H2,53,77)(H,61,78)(H,62,74)(H,63,73)(H,64,80)(H,65,85)(H,66,83)(H,67,81)(H,68,84)(H,69,79)(H,70,82)(H,75,76)(H4,54,55,58)(H4,56,57,59)/t27-,28-,29-,30-,31-,32-,33-,34-,35-,36-/m0/s1. The summed E-state index contributed by atoms with van der Waals surface area (Å²) in [5, 5.41) is 46.0. The van der Waals surface area contributed by atoms with Crippen LogP contribution in [0.1, 0.15) is 50.5 Å². The van der Waals surface area contributed by atoms with Crippen LogP contribution in [0.5, 0.6) is 0 Å². The number of aliphatic imine (C=N–C) groups is 2. The fourth-order valence-corrected chi connectivity index (χ4v) is 13.9. The number of carbonyl (C=O) groups excluding carboxylic acids is 12. The van der Waals surface area contributed by atoms with Gasteiger partial charge in [0.1, 0.15) is 60.4 Å². The topological polar surface area (TPSA) is 583 Å². The van der Waals surface area contributed by atoms with Crippen LogP contribution in [0, 0.1) is 0 Å². The van der Waals surface area contributed by atoms with Gasteiger partial charge in [-0.2, -0.15) is 0 Å². The van der Waals surface area contributed by atoms with E-state index in [0.717, 1.165) is 48.1 Å². The molecule has 0 spiro atoms. The summed E-state index contributed by atoms with van der Waals surface area (Å²) >= 11 is 0. The Hall–Kier alpha value is -8.27. The highest BCUT2D eigenvalue weighted by molar-refractivity contribution is 8.77. The van der Waals surface area contributed by atoms with E-state index in [-0.39, 0.29) is 93.8 Å². The van der Waals surface area contributed by atoms with Gasteiger partial charge in [-0.1, -0.05) is 61.4 Å². The summed E-state index contributed by atoms with van der Waals surface area (Å²) in [6, 6.07) is -9.09. The third-order valence-corrected chi connectivity index (χ3v) is 18.7. The molecular weight excluding hydrogens is 1260 g/mol. The number of amides is 12. The molecule has 2 aromatic rings. The number of guanidine groups is 2. The maximum Gasteiger partial charge on any atom is 0.305 e. The lowest BCUT2D eigenvalue weighted by Crippen LogP contribution is -2.61. The van der Waals surface area contributed by atoms with Crippen LogP contribution in [-0.2, 0) is 68.7 Å². The van der Waals surface area contributed by atoms with Gasteiger partial charge < -0.3 is 108 Å². The van der Waals surface area contributed by atoms with Crippen molar-refractivity contribution in [3.63, 3.8) is 0 Å². The van der Waals surface area contributed by atoms with E-state index in [1.54, 1.807) is 30.5 Å². The minimum Gasteiger partial charge on any atom is -0.481 e. The molecule has 3 saturated heterocycles. The largest absolute Gasteiger partial charge is 0.481 e. The number of rotatable bonds is 16. The van der Waals surface area contributed by atoms with E-state index in [0.29, 0.717) is 16.5 Å². The number of nitrogens with one attached hydrogen (secondary N) is 11. The lowest BCUT2D eigenvalue weighted by atomic mass is 10.0. The summed E-state index contributed by atoms with van der Waals surface area (Å²) < 4.78 is 0. The van der Waals surface area contributed by atoms with Crippen LogP contribution in [-0.4, -0.2) is 232 Å². The average Bonchev–Trinajstić information content (AvgIpc) is 3.05. The Morgan fingerprint density at radius 1 is 0.633 bits per heavy atom. The van der Waals surface area contributed by atoms with E-state index < -0.39 is 169 Å². The number of aromatic amines is 1. The SMILES string of the molecule is NCC(=O)N[C@H]1CSSC[C@@H]2NC(=O)[C@H](CCCN=C(N)N)NC(=O)[C@@H]3CCCN3C(=O)[C@H](CC(=O)O)NC(=O)[C@H](CO)NC(=O)[C@H](CSSC[C@@H](C(N)=O)NC(=O)CNC(=O)[C@H](CCCN=C(N)N)NC(=O)[C@H](Cc3c[nH]c4ccccc34)NC2=O)NC1=O. The van der Waals surface area contributed by atoms with Gasteiger partial charge >= 0.3 is 5.97 Å². The fourth-order valence-electron chi connectivity index (χ4n) is 9.25. The third kappa shape index (κ3) is 23.0. The second-order valence-corrected chi connectivity index (χ2v) is 25.7. The van der Waals surface area contributed by atoms with Crippen LogP contribution < -0.4 is 87.6 Å².